The third-order valence-corrected chi connectivity index (χ3v) is 5.15. The van der Waals surface area contributed by atoms with E-state index in [1.165, 1.54) is 6.39 Å². The van der Waals surface area contributed by atoms with Crippen molar-refractivity contribution >= 4 is 17.5 Å². The number of ether oxygens (including phenoxy) is 3. The first-order chi connectivity index (χ1) is 14.2. The topological polar surface area (TPSA) is 74.0 Å². The number of aromatic nitrogens is 1. The Labute approximate surface area is 171 Å². The van der Waals surface area contributed by atoms with Crippen LogP contribution in [-0.2, 0) is 0 Å². The molecule has 2 aliphatic rings. The summed E-state index contributed by atoms with van der Waals surface area (Å²) in [6.45, 7) is 1.92. The van der Waals surface area contributed by atoms with E-state index >= 15 is 0 Å². The molecular formula is C21H17ClN2O5. The molecule has 29 heavy (non-hydrogen) atoms. The lowest BCUT2D eigenvalue weighted by atomic mass is 10.1. The second-order valence-electron chi connectivity index (χ2n) is 6.77. The van der Waals surface area contributed by atoms with Crippen LogP contribution in [0.1, 0.15) is 10.5 Å². The van der Waals surface area contributed by atoms with Gasteiger partial charge in [-0.25, -0.2) is 4.98 Å². The van der Waals surface area contributed by atoms with E-state index in [1.54, 1.807) is 23.1 Å². The Kier molecular flexibility index (Phi) is 4.52. The molecule has 5 rings (SSSR count). The van der Waals surface area contributed by atoms with E-state index in [9.17, 15) is 4.79 Å². The summed E-state index contributed by atoms with van der Waals surface area (Å²) >= 11 is 6.12. The van der Waals surface area contributed by atoms with E-state index in [0.29, 0.717) is 59.9 Å². The molecule has 0 saturated carbocycles. The van der Waals surface area contributed by atoms with Crippen LogP contribution < -0.4 is 14.2 Å². The van der Waals surface area contributed by atoms with Crippen LogP contribution in [0, 0.1) is 0 Å². The van der Waals surface area contributed by atoms with Crippen LogP contribution in [0.5, 0.6) is 17.2 Å². The summed E-state index contributed by atoms with van der Waals surface area (Å²) in [5.41, 5.74) is 0.970. The van der Waals surface area contributed by atoms with Gasteiger partial charge in [-0.1, -0.05) is 23.7 Å². The van der Waals surface area contributed by atoms with E-state index in [0.717, 1.165) is 0 Å². The highest BCUT2D eigenvalue weighted by Crippen LogP contribution is 2.36. The SMILES string of the molecule is O=C(c1ncoc1-c1ccc2c(c1)OCCO2)N1CC(Oc2ccccc2Cl)C1. The van der Waals surface area contributed by atoms with E-state index in [1.807, 2.05) is 24.3 Å². The number of hydrogen-bond donors (Lipinski definition) is 0. The molecule has 8 heteroatoms. The van der Waals surface area contributed by atoms with Gasteiger partial charge in [-0.3, -0.25) is 4.79 Å². The average Bonchev–Trinajstić information content (AvgIpc) is 3.21. The number of fused-ring (bicyclic) bond motifs is 1. The fourth-order valence-electron chi connectivity index (χ4n) is 3.34. The van der Waals surface area contributed by atoms with Crippen molar-refractivity contribution in [2.24, 2.45) is 0 Å². The first-order valence-electron chi connectivity index (χ1n) is 9.23. The molecule has 1 saturated heterocycles. The first-order valence-corrected chi connectivity index (χ1v) is 9.61. The quantitative estimate of drug-likeness (QED) is 0.651. The molecule has 148 valence electrons. The molecule has 3 heterocycles. The third kappa shape index (κ3) is 3.38. The van der Waals surface area contributed by atoms with Crippen LogP contribution in [-0.4, -0.2) is 48.2 Å². The van der Waals surface area contributed by atoms with Crippen molar-refractivity contribution in [1.29, 1.82) is 0 Å². The molecule has 1 amide bonds. The molecule has 0 spiro atoms. The van der Waals surface area contributed by atoms with Gasteiger partial charge in [-0.15, -0.1) is 0 Å². The highest BCUT2D eigenvalue weighted by atomic mass is 35.5. The van der Waals surface area contributed by atoms with Crippen LogP contribution in [0.2, 0.25) is 5.02 Å². The number of halogens is 1. The van der Waals surface area contributed by atoms with Crippen LogP contribution in [0.3, 0.4) is 0 Å². The minimum absolute atomic E-state index is 0.108. The predicted octanol–water partition coefficient (Wildman–Crippen LogP) is 3.67. The van der Waals surface area contributed by atoms with E-state index in [4.69, 9.17) is 30.2 Å². The number of likely N-dealkylation sites (tertiary alicyclic amines) is 1. The van der Waals surface area contributed by atoms with Gasteiger partial charge in [-0.05, 0) is 30.3 Å². The second-order valence-corrected chi connectivity index (χ2v) is 7.18. The van der Waals surface area contributed by atoms with E-state index < -0.39 is 0 Å². The van der Waals surface area contributed by atoms with Crippen LogP contribution in [0.25, 0.3) is 11.3 Å². The smallest absolute Gasteiger partial charge is 0.276 e. The number of hydrogen-bond acceptors (Lipinski definition) is 6. The summed E-state index contributed by atoms with van der Waals surface area (Å²) in [6.07, 6.45) is 1.17. The summed E-state index contributed by atoms with van der Waals surface area (Å²) in [5.74, 6) is 2.12. The second kappa shape index (κ2) is 7.33. The van der Waals surface area contributed by atoms with Gasteiger partial charge in [0.1, 0.15) is 25.1 Å². The Bertz CT molecular complexity index is 1060. The molecule has 0 radical (unpaired) electrons. The lowest BCUT2D eigenvalue weighted by Crippen LogP contribution is -2.56. The largest absolute Gasteiger partial charge is 0.486 e. The average molecular weight is 413 g/mol. The lowest BCUT2D eigenvalue weighted by Gasteiger charge is -2.38. The first kappa shape index (κ1) is 17.9. The lowest BCUT2D eigenvalue weighted by molar-refractivity contribution is 0.0174. The van der Waals surface area contributed by atoms with Crippen LogP contribution in [0.15, 0.2) is 53.3 Å². The van der Waals surface area contributed by atoms with Gasteiger partial charge in [0.2, 0.25) is 0 Å². The highest BCUT2D eigenvalue weighted by Gasteiger charge is 2.35. The Hall–Kier alpha value is -3.19. The van der Waals surface area contributed by atoms with Gasteiger partial charge < -0.3 is 23.5 Å². The Morgan fingerprint density at radius 2 is 1.90 bits per heavy atom. The van der Waals surface area contributed by atoms with Gasteiger partial charge in [0.15, 0.2) is 29.3 Å². The number of oxazole rings is 1. The Morgan fingerprint density at radius 3 is 2.72 bits per heavy atom. The molecule has 1 fully saturated rings. The zero-order valence-corrected chi connectivity index (χ0v) is 16.1. The van der Waals surface area contributed by atoms with Crippen LogP contribution in [0.4, 0.5) is 0 Å². The number of para-hydroxylation sites is 1. The van der Waals surface area contributed by atoms with Gasteiger partial charge in [-0.2, -0.15) is 0 Å². The molecular weight excluding hydrogens is 396 g/mol. The maximum Gasteiger partial charge on any atom is 0.276 e. The van der Waals surface area contributed by atoms with Crippen molar-refractivity contribution in [2.45, 2.75) is 6.10 Å². The molecule has 1 aromatic heterocycles. The van der Waals surface area contributed by atoms with Crippen molar-refractivity contribution in [1.82, 2.24) is 9.88 Å². The van der Waals surface area contributed by atoms with Gasteiger partial charge >= 0.3 is 0 Å². The zero-order chi connectivity index (χ0) is 19.8. The molecule has 0 aliphatic carbocycles. The normalized spacial score (nSPS) is 15.7. The van der Waals surface area contributed by atoms with Crippen molar-refractivity contribution in [2.75, 3.05) is 26.3 Å². The number of benzene rings is 2. The molecule has 0 bridgehead atoms. The fraction of sp³-hybridized carbons (Fsp3) is 0.238. The number of amides is 1. The molecule has 0 unspecified atom stereocenters. The highest BCUT2D eigenvalue weighted by molar-refractivity contribution is 6.32. The number of nitrogens with zero attached hydrogens (tertiary/aromatic N) is 2. The summed E-state index contributed by atoms with van der Waals surface area (Å²) in [4.78, 5) is 18.7. The minimum atomic E-state index is -0.206. The molecule has 3 aromatic rings. The monoisotopic (exact) mass is 412 g/mol. The van der Waals surface area contributed by atoms with Crippen LogP contribution >= 0.6 is 11.6 Å². The summed E-state index contributed by atoms with van der Waals surface area (Å²) in [6, 6.07) is 12.7. The number of rotatable bonds is 4. The predicted molar refractivity (Wildman–Crippen MR) is 105 cm³/mol. The number of carbonyl (C=O) groups excluding carboxylic acids is 1. The minimum Gasteiger partial charge on any atom is -0.486 e. The van der Waals surface area contributed by atoms with Gasteiger partial charge in [0.05, 0.1) is 18.1 Å². The molecule has 2 aromatic carbocycles. The maximum absolute atomic E-state index is 12.9. The Morgan fingerprint density at radius 1 is 1.10 bits per heavy atom. The summed E-state index contributed by atoms with van der Waals surface area (Å²) < 4.78 is 22.5. The van der Waals surface area contributed by atoms with Gasteiger partial charge in [0.25, 0.3) is 5.91 Å². The number of carbonyl (C=O) groups is 1. The molecule has 7 nitrogen and oxygen atoms in total. The summed E-state index contributed by atoms with van der Waals surface area (Å²) in [5, 5.41) is 0.551. The van der Waals surface area contributed by atoms with Crippen molar-refractivity contribution < 1.29 is 23.4 Å². The summed E-state index contributed by atoms with van der Waals surface area (Å²) in [7, 11) is 0. The van der Waals surface area contributed by atoms with Crippen molar-refractivity contribution in [3.63, 3.8) is 0 Å². The van der Waals surface area contributed by atoms with E-state index in [-0.39, 0.29) is 17.7 Å². The maximum atomic E-state index is 12.9. The third-order valence-electron chi connectivity index (χ3n) is 4.84. The van der Waals surface area contributed by atoms with Crippen molar-refractivity contribution in [3.8, 4) is 28.6 Å². The molecule has 2 aliphatic heterocycles. The van der Waals surface area contributed by atoms with E-state index in [2.05, 4.69) is 4.98 Å². The van der Waals surface area contributed by atoms with Gasteiger partial charge in [0, 0.05) is 5.56 Å². The zero-order valence-electron chi connectivity index (χ0n) is 15.3. The standard InChI is InChI=1S/C21H17ClN2O5/c22-15-3-1-2-4-16(15)29-14-10-24(11-14)21(25)19-20(28-12-23-19)13-5-6-17-18(9-13)27-8-7-26-17/h1-6,9,12,14H,7-8,10-11H2. The van der Waals surface area contributed by atoms with Crippen molar-refractivity contribution in [3.05, 3.63) is 59.6 Å². The molecule has 0 atom stereocenters. The fourth-order valence-corrected chi connectivity index (χ4v) is 3.52. The molecule has 0 N–H and O–H groups in total. The Balaban J connectivity index is 1.29.